The third-order valence-electron chi connectivity index (χ3n) is 3.68. The van der Waals surface area contributed by atoms with Crippen LogP contribution in [0.15, 0.2) is 53.0 Å². The molecule has 0 heterocycles. The van der Waals surface area contributed by atoms with Crippen LogP contribution in [-0.2, 0) is 6.42 Å². The molecule has 0 bridgehead atoms. The number of unbranched alkanes of at least 4 members (excludes halogenated alkanes) is 1. The van der Waals surface area contributed by atoms with Gasteiger partial charge < -0.3 is 0 Å². The molecule has 0 atom stereocenters. The Labute approximate surface area is 122 Å². The molecule has 0 aromatic heterocycles. The Balaban J connectivity index is 2.20. The molecule has 19 heavy (non-hydrogen) atoms. The molecule has 0 saturated carbocycles. The normalized spacial score (nSPS) is 11.3. The van der Waals surface area contributed by atoms with Gasteiger partial charge in [-0.1, -0.05) is 55.8 Å². The molecule has 0 N–H and O–H groups in total. The van der Waals surface area contributed by atoms with Crippen LogP contribution >= 0.6 is 15.9 Å². The Morgan fingerprint density at radius 3 is 2.53 bits per heavy atom. The van der Waals surface area contributed by atoms with Gasteiger partial charge in [-0.15, -0.1) is 0 Å². The predicted octanol–water partition coefficient (Wildman–Crippen LogP) is 6.10. The summed E-state index contributed by atoms with van der Waals surface area (Å²) in [4.78, 5) is 0. The van der Waals surface area contributed by atoms with Crippen LogP contribution in [0.2, 0.25) is 0 Å². The molecule has 0 aliphatic rings. The number of aryl methyl sites for hydroxylation is 1. The predicted molar refractivity (Wildman–Crippen MR) is 87.8 cm³/mol. The molecule has 0 radical (unpaired) electrons. The molecule has 0 saturated heterocycles. The van der Waals surface area contributed by atoms with Crippen molar-refractivity contribution in [3.8, 4) is 0 Å². The maximum Gasteiger partial charge on any atom is 0.0332 e. The molecule has 0 aliphatic heterocycles. The van der Waals surface area contributed by atoms with Crippen LogP contribution in [0.4, 0.5) is 0 Å². The number of hydrogen-bond donors (Lipinski definition) is 0. The first-order valence-electron chi connectivity index (χ1n) is 6.89. The van der Waals surface area contributed by atoms with Gasteiger partial charge in [0.2, 0.25) is 0 Å². The maximum atomic E-state index is 3.76. The highest BCUT2D eigenvalue weighted by molar-refractivity contribution is 9.10. The van der Waals surface area contributed by atoms with Crippen molar-refractivity contribution in [3.63, 3.8) is 0 Å². The Kier molecular flexibility index (Phi) is 3.56. The van der Waals surface area contributed by atoms with E-state index in [2.05, 4.69) is 71.4 Å². The van der Waals surface area contributed by atoms with E-state index in [1.807, 2.05) is 0 Å². The first-order chi connectivity index (χ1) is 9.29. The first-order valence-corrected chi connectivity index (χ1v) is 7.69. The summed E-state index contributed by atoms with van der Waals surface area (Å²) in [6, 6.07) is 17.7. The molecule has 3 aromatic rings. The van der Waals surface area contributed by atoms with Crippen LogP contribution in [0.1, 0.15) is 25.3 Å². The second-order valence-electron chi connectivity index (χ2n) is 5.07. The lowest BCUT2D eigenvalue weighted by atomic mass is 10.00. The van der Waals surface area contributed by atoms with Crippen molar-refractivity contribution in [3.05, 3.63) is 58.6 Å². The van der Waals surface area contributed by atoms with Crippen molar-refractivity contribution in [1.29, 1.82) is 0 Å². The van der Waals surface area contributed by atoms with E-state index < -0.39 is 0 Å². The average Bonchev–Trinajstić information content (AvgIpc) is 2.45. The average molecular weight is 313 g/mol. The van der Waals surface area contributed by atoms with Crippen LogP contribution in [0.3, 0.4) is 0 Å². The van der Waals surface area contributed by atoms with Gasteiger partial charge in [-0.05, 0) is 61.9 Å². The van der Waals surface area contributed by atoms with Crippen molar-refractivity contribution >= 4 is 37.5 Å². The number of hydrogen-bond acceptors (Lipinski definition) is 0. The maximum absolute atomic E-state index is 3.76. The number of halogens is 1. The van der Waals surface area contributed by atoms with Gasteiger partial charge in [0.25, 0.3) is 0 Å². The fourth-order valence-corrected chi connectivity index (χ4v) is 3.33. The summed E-state index contributed by atoms with van der Waals surface area (Å²) in [7, 11) is 0. The monoisotopic (exact) mass is 312 g/mol. The second-order valence-corrected chi connectivity index (χ2v) is 5.86. The van der Waals surface area contributed by atoms with Gasteiger partial charge in [0.05, 0.1) is 0 Å². The van der Waals surface area contributed by atoms with E-state index >= 15 is 0 Å². The van der Waals surface area contributed by atoms with Crippen LogP contribution in [-0.4, -0.2) is 0 Å². The molecule has 0 spiro atoms. The van der Waals surface area contributed by atoms with Crippen molar-refractivity contribution in [2.45, 2.75) is 26.2 Å². The van der Waals surface area contributed by atoms with E-state index in [9.17, 15) is 0 Å². The highest BCUT2D eigenvalue weighted by Gasteiger charge is 2.05. The molecule has 0 amide bonds. The fraction of sp³-hybridized carbons (Fsp3) is 0.222. The molecule has 0 fully saturated rings. The molecule has 96 valence electrons. The van der Waals surface area contributed by atoms with Crippen molar-refractivity contribution in [1.82, 2.24) is 0 Å². The van der Waals surface area contributed by atoms with Gasteiger partial charge in [-0.3, -0.25) is 0 Å². The van der Waals surface area contributed by atoms with Gasteiger partial charge in [0.15, 0.2) is 0 Å². The van der Waals surface area contributed by atoms with Gasteiger partial charge >= 0.3 is 0 Å². The van der Waals surface area contributed by atoms with E-state index in [4.69, 9.17) is 0 Å². The number of fused-ring (bicyclic) bond motifs is 2. The number of rotatable bonds is 3. The molecule has 3 rings (SSSR count). The molecule has 0 nitrogen and oxygen atoms in total. The van der Waals surface area contributed by atoms with E-state index in [-0.39, 0.29) is 0 Å². The third-order valence-corrected chi connectivity index (χ3v) is 4.53. The summed E-state index contributed by atoms with van der Waals surface area (Å²) in [6.07, 6.45) is 3.69. The Morgan fingerprint density at radius 2 is 1.68 bits per heavy atom. The highest BCUT2D eigenvalue weighted by atomic mass is 79.9. The second kappa shape index (κ2) is 5.34. The van der Waals surface area contributed by atoms with E-state index in [0.717, 1.165) is 0 Å². The van der Waals surface area contributed by atoms with Crippen molar-refractivity contribution in [2.24, 2.45) is 0 Å². The fourth-order valence-electron chi connectivity index (χ4n) is 2.60. The minimum Gasteiger partial charge on any atom is -0.0654 e. The molecular formula is C18H17Br. The Hall–Kier alpha value is -1.34. The Bertz CT molecular complexity index is 728. The first kappa shape index (κ1) is 12.7. The smallest absolute Gasteiger partial charge is 0.0332 e. The highest BCUT2D eigenvalue weighted by Crippen LogP contribution is 2.33. The summed E-state index contributed by atoms with van der Waals surface area (Å²) >= 11 is 3.76. The summed E-state index contributed by atoms with van der Waals surface area (Å²) in [6.45, 7) is 2.24. The lowest BCUT2D eigenvalue weighted by molar-refractivity contribution is 0.796. The summed E-state index contributed by atoms with van der Waals surface area (Å²) in [5, 5.41) is 5.23. The van der Waals surface area contributed by atoms with E-state index in [0.29, 0.717) is 0 Å². The largest absolute Gasteiger partial charge is 0.0654 e. The minimum atomic E-state index is 1.18. The third kappa shape index (κ3) is 2.40. The van der Waals surface area contributed by atoms with Gasteiger partial charge in [-0.25, -0.2) is 0 Å². The zero-order valence-electron chi connectivity index (χ0n) is 11.1. The topological polar surface area (TPSA) is 0 Å². The SMILES string of the molecule is CCCCc1ccc2c(Br)c3ccccc3cc2c1. The van der Waals surface area contributed by atoms with Crippen LogP contribution in [0.25, 0.3) is 21.5 Å². The van der Waals surface area contributed by atoms with Gasteiger partial charge in [-0.2, -0.15) is 0 Å². The molecule has 3 aromatic carbocycles. The van der Waals surface area contributed by atoms with Crippen LogP contribution in [0, 0.1) is 0 Å². The summed E-state index contributed by atoms with van der Waals surface area (Å²) in [5.41, 5.74) is 1.44. The molecule has 0 unspecified atom stereocenters. The van der Waals surface area contributed by atoms with Crippen LogP contribution < -0.4 is 0 Å². The van der Waals surface area contributed by atoms with E-state index in [1.54, 1.807) is 0 Å². The molecule has 1 heteroatoms. The quantitative estimate of drug-likeness (QED) is 0.513. The lowest BCUT2D eigenvalue weighted by Crippen LogP contribution is -1.86. The van der Waals surface area contributed by atoms with E-state index in [1.165, 1.54) is 50.8 Å². The minimum absolute atomic E-state index is 1.18. The molecule has 0 aliphatic carbocycles. The summed E-state index contributed by atoms with van der Waals surface area (Å²) in [5.74, 6) is 0. The van der Waals surface area contributed by atoms with Crippen LogP contribution in [0.5, 0.6) is 0 Å². The van der Waals surface area contributed by atoms with Gasteiger partial charge in [0, 0.05) is 4.47 Å². The van der Waals surface area contributed by atoms with Gasteiger partial charge in [0.1, 0.15) is 0 Å². The Morgan fingerprint density at radius 1 is 0.895 bits per heavy atom. The summed E-state index contributed by atoms with van der Waals surface area (Å²) < 4.78 is 1.21. The zero-order valence-corrected chi connectivity index (χ0v) is 12.7. The molecular weight excluding hydrogens is 296 g/mol. The van der Waals surface area contributed by atoms with Crippen molar-refractivity contribution < 1.29 is 0 Å². The standard InChI is InChI=1S/C18H17Br/c1-2-3-6-13-9-10-17-15(11-13)12-14-7-4-5-8-16(14)18(17)19/h4-5,7-12H,2-3,6H2,1H3. The number of benzene rings is 3. The zero-order chi connectivity index (χ0) is 13.2. The van der Waals surface area contributed by atoms with Crippen molar-refractivity contribution in [2.75, 3.05) is 0 Å². The lowest BCUT2D eigenvalue weighted by Gasteiger charge is -2.08.